The van der Waals surface area contributed by atoms with Crippen LogP contribution in [0.25, 0.3) is 0 Å². The van der Waals surface area contributed by atoms with Gasteiger partial charge in [-0.3, -0.25) is 9.59 Å². The van der Waals surface area contributed by atoms with E-state index in [1.54, 1.807) is 18.2 Å². The fraction of sp³-hybridized carbons (Fsp3) is 0.417. The highest BCUT2D eigenvalue weighted by Crippen LogP contribution is 2.36. The van der Waals surface area contributed by atoms with Gasteiger partial charge in [-0.15, -0.1) is 0 Å². The van der Waals surface area contributed by atoms with Crippen LogP contribution in [0.3, 0.4) is 0 Å². The third-order valence-electron chi connectivity index (χ3n) is 6.27. The Labute approximate surface area is 177 Å². The molecule has 1 heterocycles. The Balaban J connectivity index is 1.39. The minimum Gasteiger partial charge on any atom is -0.338 e. The lowest BCUT2D eigenvalue weighted by Gasteiger charge is -2.41. The number of benzene rings is 2. The summed E-state index contributed by atoms with van der Waals surface area (Å²) < 4.78 is 0. The second-order valence-corrected chi connectivity index (χ2v) is 8.66. The average molecular weight is 411 g/mol. The normalized spacial score (nSPS) is 21.3. The highest BCUT2D eigenvalue weighted by atomic mass is 35.5. The summed E-state index contributed by atoms with van der Waals surface area (Å²) in [5.41, 5.74) is 2.08. The van der Waals surface area contributed by atoms with Crippen molar-refractivity contribution in [2.75, 3.05) is 18.4 Å². The van der Waals surface area contributed by atoms with Crippen LogP contribution in [0.4, 0.5) is 5.69 Å². The van der Waals surface area contributed by atoms with Gasteiger partial charge in [0, 0.05) is 18.8 Å². The fourth-order valence-electron chi connectivity index (χ4n) is 4.71. The zero-order valence-electron chi connectivity index (χ0n) is 16.6. The van der Waals surface area contributed by atoms with Gasteiger partial charge in [0.2, 0.25) is 5.91 Å². The number of carbonyl (C=O) groups is 2. The van der Waals surface area contributed by atoms with E-state index >= 15 is 0 Å². The van der Waals surface area contributed by atoms with Gasteiger partial charge < -0.3 is 10.2 Å². The fourth-order valence-corrected chi connectivity index (χ4v) is 4.97. The van der Waals surface area contributed by atoms with Gasteiger partial charge in [0.05, 0.1) is 17.0 Å². The van der Waals surface area contributed by atoms with Crippen LogP contribution in [-0.2, 0) is 11.2 Å². The second kappa shape index (κ2) is 9.00. The van der Waals surface area contributed by atoms with Crippen molar-refractivity contribution in [3.8, 4) is 0 Å². The standard InChI is InChI=1S/C24H27ClN2O2/c25-22-15-20(26-23(28)14-17-6-2-1-3-7-17)10-11-21(22)24(29)27-13-12-18-8-4-5-9-19(18)16-27/h1-3,6-7,10-11,15,18-19H,4-5,8-9,12-14,16H2,(H,26,28)/t18-,19+/m1/s1. The lowest BCUT2D eigenvalue weighted by molar-refractivity contribution is -0.115. The SMILES string of the molecule is O=C(Cc1ccccc1)Nc1ccc(C(=O)N2CC[C@H]3CCCC[C@H]3C2)c(Cl)c1. The molecule has 0 aromatic heterocycles. The van der Waals surface area contributed by atoms with Crippen molar-refractivity contribution in [2.45, 2.75) is 38.5 Å². The number of rotatable bonds is 4. The number of hydrogen-bond acceptors (Lipinski definition) is 2. The van der Waals surface area contributed by atoms with Crippen LogP contribution in [0.15, 0.2) is 48.5 Å². The molecule has 2 aliphatic rings. The molecule has 5 heteroatoms. The van der Waals surface area contributed by atoms with Crippen molar-refractivity contribution in [2.24, 2.45) is 11.8 Å². The summed E-state index contributed by atoms with van der Waals surface area (Å²) in [7, 11) is 0. The first-order valence-corrected chi connectivity index (χ1v) is 10.9. The summed E-state index contributed by atoms with van der Waals surface area (Å²) in [6.07, 6.45) is 6.55. The van der Waals surface area contributed by atoms with E-state index < -0.39 is 0 Å². The summed E-state index contributed by atoms with van der Waals surface area (Å²) in [6, 6.07) is 14.8. The molecule has 4 rings (SSSR count). The first-order valence-electron chi connectivity index (χ1n) is 10.5. The highest BCUT2D eigenvalue weighted by Gasteiger charge is 2.33. The molecule has 1 aliphatic heterocycles. The molecule has 2 aromatic rings. The molecule has 1 saturated carbocycles. The number of piperidine rings is 1. The quantitative estimate of drug-likeness (QED) is 0.755. The molecule has 0 bridgehead atoms. The predicted molar refractivity (Wildman–Crippen MR) is 116 cm³/mol. The molecule has 0 radical (unpaired) electrons. The van der Waals surface area contributed by atoms with Crippen molar-refractivity contribution in [1.29, 1.82) is 0 Å². The number of hydrogen-bond donors (Lipinski definition) is 1. The van der Waals surface area contributed by atoms with Crippen molar-refractivity contribution < 1.29 is 9.59 Å². The number of likely N-dealkylation sites (tertiary alicyclic amines) is 1. The minimum atomic E-state index is -0.106. The van der Waals surface area contributed by atoms with Gasteiger partial charge in [-0.25, -0.2) is 0 Å². The molecule has 152 valence electrons. The Kier molecular flexibility index (Phi) is 6.19. The van der Waals surface area contributed by atoms with Gasteiger partial charge in [0.25, 0.3) is 5.91 Å². The molecule has 2 amide bonds. The van der Waals surface area contributed by atoms with Gasteiger partial charge in [0.1, 0.15) is 0 Å². The lowest BCUT2D eigenvalue weighted by Crippen LogP contribution is -2.44. The van der Waals surface area contributed by atoms with Crippen LogP contribution in [0.5, 0.6) is 0 Å². The van der Waals surface area contributed by atoms with Crippen molar-refractivity contribution in [1.82, 2.24) is 4.90 Å². The van der Waals surface area contributed by atoms with Crippen LogP contribution in [-0.4, -0.2) is 29.8 Å². The van der Waals surface area contributed by atoms with Gasteiger partial charge in [-0.1, -0.05) is 61.2 Å². The minimum absolute atomic E-state index is 0.00110. The molecule has 1 N–H and O–H groups in total. The number of nitrogens with zero attached hydrogens (tertiary/aromatic N) is 1. The maximum atomic E-state index is 13.0. The molecule has 4 nitrogen and oxygen atoms in total. The molecular formula is C24H27ClN2O2. The van der Waals surface area contributed by atoms with Crippen LogP contribution in [0.2, 0.25) is 5.02 Å². The first-order chi connectivity index (χ1) is 14.1. The topological polar surface area (TPSA) is 49.4 Å². The monoisotopic (exact) mass is 410 g/mol. The van der Waals surface area contributed by atoms with E-state index in [9.17, 15) is 9.59 Å². The summed E-state index contributed by atoms with van der Waals surface area (Å²) in [5.74, 6) is 1.31. The van der Waals surface area contributed by atoms with Crippen LogP contribution >= 0.6 is 11.6 Å². The predicted octanol–water partition coefficient (Wildman–Crippen LogP) is 5.17. The summed E-state index contributed by atoms with van der Waals surface area (Å²) in [6.45, 7) is 1.65. The number of carbonyl (C=O) groups excluding carboxylic acids is 2. The van der Waals surface area contributed by atoms with Gasteiger partial charge in [0.15, 0.2) is 0 Å². The van der Waals surface area contributed by atoms with E-state index in [1.165, 1.54) is 25.7 Å². The average Bonchev–Trinajstić information content (AvgIpc) is 2.73. The first kappa shape index (κ1) is 20.0. The molecule has 1 saturated heterocycles. The summed E-state index contributed by atoms with van der Waals surface area (Å²) >= 11 is 6.43. The Morgan fingerprint density at radius 3 is 2.52 bits per heavy atom. The largest absolute Gasteiger partial charge is 0.338 e. The molecule has 1 aliphatic carbocycles. The number of nitrogens with one attached hydrogen (secondary N) is 1. The number of amides is 2. The Morgan fingerprint density at radius 1 is 1.00 bits per heavy atom. The van der Waals surface area contributed by atoms with Crippen LogP contribution in [0.1, 0.15) is 48.0 Å². The molecule has 2 aromatic carbocycles. The third-order valence-corrected chi connectivity index (χ3v) is 6.58. The maximum Gasteiger partial charge on any atom is 0.255 e. The van der Waals surface area contributed by atoms with Gasteiger partial charge in [-0.05, 0) is 48.4 Å². The summed E-state index contributed by atoms with van der Waals surface area (Å²) in [4.78, 5) is 27.2. The van der Waals surface area contributed by atoms with E-state index in [0.717, 1.165) is 31.0 Å². The lowest BCUT2D eigenvalue weighted by atomic mass is 9.75. The van der Waals surface area contributed by atoms with E-state index in [0.29, 0.717) is 28.6 Å². The van der Waals surface area contributed by atoms with E-state index in [2.05, 4.69) is 5.32 Å². The summed E-state index contributed by atoms with van der Waals surface area (Å²) in [5, 5.41) is 3.25. The van der Waals surface area contributed by atoms with E-state index in [1.807, 2.05) is 35.2 Å². The molecule has 0 spiro atoms. The van der Waals surface area contributed by atoms with Crippen molar-refractivity contribution >= 4 is 29.1 Å². The van der Waals surface area contributed by atoms with E-state index in [-0.39, 0.29) is 11.8 Å². The molecular weight excluding hydrogens is 384 g/mol. The smallest absolute Gasteiger partial charge is 0.255 e. The van der Waals surface area contributed by atoms with Gasteiger partial charge >= 0.3 is 0 Å². The molecule has 29 heavy (non-hydrogen) atoms. The Bertz CT molecular complexity index is 884. The highest BCUT2D eigenvalue weighted by molar-refractivity contribution is 6.34. The number of halogens is 1. The van der Waals surface area contributed by atoms with Crippen molar-refractivity contribution in [3.63, 3.8) is 0 Å². The maximum absolute atomic E-state index is 13.0. The van der Waals surface area contributed by atoms with Crippen LogP contribution < -0.4 is 5.32 Å². The zero-order valence-corrected chi connectivity index (χ0v) is 17.3. The second-order valence-electron chi connectivity index (χ2n) is 8.25. The Hall–Kier alpha value is -2.33. The molecule has 2 fully saturated rings. The zero-order chi connectivity index (χ0) is 20.2. The molecule has 0 unspecified atom stereocenters. The van der Waals surface area contributed by atoms with Crippen molar-refractivity contribution in [3.05, 3.63) is 64.7 Å². The van der Waals surface area contributed by atoms with Crippen LogP contribution in [0, 0.1) is 11.8 Å². The number of fused-ring (bicyclic) bond motifs is 1. The molecule has 2 atom stereocenters. The Morgan fingerprint density at radius 2 is 1.76 bits per heavy atom. The van der Waals surface area contributed by atoms with Gasteiger partial charge in [-0.2, -0.15) is 0 Å². The van der Waals surface area contributed by atoms with E-state index in [4.69, 9.17) is 11.6 Å². The number of anilines is 1. The third kappa shape index (κ3) is 4.81.